The second-order valence-corrected chi connectivity index (χ2v) is 6.38. The minimum Gasteiger partial charge on any atom is -0.389 e. The monoisotopic (exact) mass is 288 g/mol. The first-order chi connectivity index (χ1) is 9.37. The van der Waals surface area contributed by atoms with E-state index in [0.29, 0.717) is 13.0 Å². The van der Waals surface area contributed by atoms with Crippen molar-refractivity contribution in [3.63, 3.8) is 0 Å². The molecule has 20 heavy (non-hydrogen) atoms. The van der Waals surface area contributed by atoms with Crippen LogP contribution < -0.4 is 5.32 Å². The summed E-state index contributed by atoms with van der Waals surface area (Å²) in [6.45, 7) is 6.25. The first kappa shape index (κ1) is 16.1. The smallest absolute Gasteiger partial charge is 0.187 e. The van der Waals surface area contributed by atoms with Gasteiger partial charge in [-0.1, -0.05) is 0 Å². The SMILES string of the molecule is CN(C)CCCNC[C@@H](O)[C@@H]1C[C@H]2OC(C)(C)O[C@H]2O1. The first-order valence-electron chi connectivity index (χ1n) is 7.42. The van der Waals surface area contributed by atoms with Crippen LogP contribution in [0.2, 0.25) is 0 Å². The second-order valence-electron chi connectivity index (χ2n) is 6.38. The Morgan fingerprint density at radius 2 is 2.10 bits per heavy atom. The fourth-order valence-electron chi connectivity index (χ4n) is 2.68. The second kappa shape index (κ2) is 6.68. The van der Waals surface area contributed by atoms with E-state index in [0.717, 1.165) is 19.5 Å². The molecule has 2 rings (SSSR count). The lowest BCUT2D eigenvalue weighted by Crippen LogP contribution is -2.38. The molecule has 6 nitrogen and oxygen atoms in total. The highest BCUT2D eigenvalue weighted by molar-refractivity contribution is 4.88. The molecule has 0 aliphatic carbocycles. The van der Waals surface area contributed by atoms with E-state index in [1.165, 1.54) is 0 Å². The summed E-state index contributed by atoms with van der Waals surface area (Å²) in [5, 5.41) is 13.4. The van der Waals surface area contributed by atoms with Crippen molar-refractivity contribution >= 4 is 0 Å². The van der Waals surface area contributed by atoms with Crippen LogP contribution >= 0.6 is 0 Å². The van der Waals surface area contributed by atoms with Gasteiger partial charge >= 0.3 is 0 Å². The van der Waals surface area contributed by atoms with E-state index in [1.807, 2.05) is 13.8 Å². The lowest BCUT2D eigenvalue weighted by Gasteiger charge is -2.23. The van der Waals surface area contributed by atoms with Gasteiger partial charge in [-0.05, 0) is 47.5 Å². The molecule has 118 valence electrons. The molecule has 2 aliphatic rings. The molecule has 0 unspecified atom stereocenters. The molecule has 0 aromatic rings. The van der Waals surface area contributed by atoms with E-state index in [4.69, 9.17) is 14.2 Å². The number of ether oxygens (including phenoxy) is 3. The predicted octanol–water partition coefficient (Wildman–Crippen LogP) is 0.155. The molecule has 2 saturated heterocycles. The maximum atomic E-state index is 10.1. The van der Waals surface area contributed by atoms with Crippen LogP contribution in [0.4, 0.5) is 0 Å². The molecule has 0 saturated carbocycles. The summed E-state index contributed by atoms with van der Waals surface area (Å²) in [5.74, 6) is -0.574. The van der Waals surface area contributed by atoms with E-state index >= 15 is 0 Å². The minimum atomic E-state index is -0.574. The highest BCUT2D eigenvalue weighted by atomic mass is 16.8. The van der Waals surface area contributed by atoms with Crippen LogP contribution in [0.25, 0.3) is 0 Å². The van der Waals surface area contributed by atoms with Crippen molar-refractivity contribution < 1.29 is 19.3 Å². The molecule has 2 heterocycles. The average molecular weight is 288 g/mol. The predicted molar refractivity (Wildman–Crippen MR) is 75.4 cm³/mol. The molecule has 0 aromatic heterocycles. The molecule has 6 heteroatoms. The van der Waals surface area contributed by atoms with Crippen LogP contribution in [0.1, 0.15) is 26.7 Å². The molecular weight excluding hydrogens is 260 g/mol. The number of fused-ring (bicyclic) bond motifs is 1. The van der Waals surface area contributed by atoms with Gasteiger partial charge in [0.15, 0.2) is 12.1 Å². The van der Waals surface area contributed by atoms with Gasteiger partial charge in [-0.25, -0.2) is 0 Å². The Morgan fingerprint density at radius 3 is 2.75 bits per heavy atom. The highest BCUT2D eigenvalue weighted by Gasteiger charge is 2.49. The third kappa shape index (κ3) is 4.38. The van der Waals surface area contributed by atoms with E-state index in [-0.39, 0.29) is 18.5 Å². The van der Waals surface area contributed by atoms with Gasteiger partial charge in [0.05, 0.1) is 12.2 Å². The van der Waals surface area contributed by atoms with Crippen LogP contribution in [0, 0.1) is 0 Å². The number of nitrogens with one attached hydrogen (secondary N) is 1. The zero-order valence-corrected chi connectivity index (χ0v) is 13.0. The summed E-state index contributed by atoms with van der Waals surface area (Å²) < 4.78 is 17.1. The summed E-state index contributed by atoms with van der Waals surface area (Å²) in [6, 6.07) is 0. The van der Waals surface area contributed by atoms with Gasteiger partial charge in [0.25, 0.3) is 0 Å². The number of aliphatic hydroxyl groups is 1. The lowest BCUT2D eigenvalue weighted by atomic mass is 10.1. The summed E-state index contributed by atoms with van der Waals surface area (Å²) in [4.78, 5) is 2.15. The molecule has 2 fully saturated rings. The van der Waals surface area contributed by atoms with Gasteiger partial charge in [0, 0.05) is 13.0 Å². The van der Waals surface area contributed by atoms with Gasteiger partial charge in [-0.3, -0.25) is 0 Å². The summed E-state index contributed by atoms with van der Waals surface area (Å²) in [6.07, 6.45) is 0.639. The van der Waals surface area contributed by atoms with Gasteiger partial charge in [-0.15, -0.1) is 0 Å². The van der Waals surface area contributed by atoms with E-state index in [9.17, 15) is 5.11 Å². The largest absolute Gasteiger partial charge is 0.389 e. The molecule has 0 amide bonds. The molecule has 2 aliphatic heterocycles. The van der Waals surface area contributed by atoms with Crippen LogP contribution in [0.5, 0.6) is 0 Å². The third-order valence-electron chi connectivity index (χ3n) is 3.65. The summed E-state index contributed by atoms with van der Waals surface area (Å²) in [5.41, 5.74) is 0. The number of nitrogens with zero attached hydrogens (tertiary/aromatic N) is 1. The highest BCUT2D eigenvalue weighted by Crippen LogP contribution is 2.37. The lowest BCUT2D eigenvalue weighted by molar-refractivity contribution is -0.213. The number of aliphatic hydroxyl groups excluding tert-OH is 1. The van der Waals surface area contributed by atoms with Crippen LogP contribution in [-0.4, -0.2) is 74.1 Å². The summed E-state index contributed by atoms with van der Waals surface area (Å²) >= 11 is 0. The normalized spacial score (nSPS) is 33.6. The number of hydrogen-bond donors (Lipinski definition) is 2. The fourth-order valence-corrected chi connectivity index (χ4v) is 2.68. The fraction of sp³-hybridized carbons (Fsp3) is 1.00. The first-order valence-corrected chi connectivity index (χ1v) is 7.42. The molecule has 0 radical (unpaired) electrons. The Balaban J connectivity index is 1.62. The van der Waals surface area contributed by atoms with E-state index < -0.39 is 11.9 Å². The Bertz CT molecular complexity index is 296. The Kier molecular flexibility index (Phi) is 5.39. The van der Waals surface area contributed by atoms with E-state index in [2.05, 4.69) is 24.3 Å². The standard InChI is InChI=1S/C14H28N2O4/c1-14(2)19-12-8-11(18-13(12)20-14)10(17)9-15-6-5-7-16(3)4/h10-13,15,17H,5-9H2,1-4H3/t10-,11+,12-,13-/m1/s1. The van der Waals surface area contributed by atoms with Crippen molar-refractivity contribution in [2.24, 2.45) is 0 Å². The van der Waals surface area contributed by atoms with Crippen LogP contribution in [0.15, 0.2) is 0 Å². The Hall–Kier alpha value is -0.240. The van der Waals surface area contributed by atoms with Crippen molar-refractivity contribution in [3.05, 3.63) is 0 Å². The molecular formula is C14H28N2O4. The number of hydrogen-bond acceptors (Lipinski definition) is 6. The minimum absolute atomic E-state index is 0.0570. The van der Waals surface area contributed by atoms with Crippen LogP contribution in [0.3, 0.4) is 0 Å². The average Bonchev–Trinajstić information content (AvgIpc) is 2.81. The Morgan fingerprint density at radius 1 is 1.35 bits per heavy atom. The van der Waals surface area contributed by atoms with Crippen molar-refractivity contribution in [2.45, 2.75) is 57.1 Å². The van der Waals surface area contributed by atoms with Crippen molar-refractivity contribution in [3.8, 4) is 0 Å². The third-order valence-corrected chi connectivity index (χ3v) is 3.65. The molecule has 2 N–H and O–H groups in total. The van der Waals surface area contributed by atoms with Crippen LogP contribution in [-0.2, 0) is 14.2 Å². The van der Waals surface area contributed by atoms with Gasteiger partial charge < -0.3 is 29.5 Å². The molecule has 0 spiro atoms. The van der Waals surface area contributed by atoms with Gasteiger partial charge in [-0.2, -0.15) is 0 Å². The van der Waals surface area contributed by atoms with Gasteiger partial charge in [0.1, 0.15) is 6.10 Å². The zero-order valence-electron chi connectivity index (χ0n) is 13.0. The van der Waals surface area contributed by atoms with Gasteiger partial charge in [0.2, 0.25) is 0 Å². The number of rotatable bonds is 7. The Labute approximate surface area is 121 Å². The van der Waals surface area contributed by atoms with E-state index in [1.54, 1.807) is 0 Å². The zero-order chi connectivity index (χ0) is 14.8. The van der Waals surface area contributed by atoms with Crippen molar-refractivity contribution in [1.29, 1.82) is 0 Å². The molecule has 0 bridgehead atoms. The maximum absolute atomic E-state index is 10.1. The molecule has 0 aromatic carbocycles. The maximum Gasteiger partial charge on any atom is 0.187 e. The summed E-state index contributed by atoms with van der Waals surface area (Å²) in [7, 11) is 4.11. The molecule has 4 atom stereocenters. The quantitative estimate of drug-likeness (QED) is 0.651. The van der Waals surface area contributed by atoms with Crippen molar-refractivity contribution in [1.82, 2.24) is 10.2 Å². The topological polar surface area (TPSA) is 63.2 Å². The van der Waals surface area contributed by atoms with Crippen molar-refractivity contribution in [2.75, 3.05) is 33.7 Å².